The van der Waals surface area contributed by atoms with Crippen LogP contribution in [0.3, 0.4) is 0 Å². The maximum Gasteiger partial charge on any atom is 0.325 e. The molecule has 1 amide bonds. The van der Waals surface area contributed by atoms with Crippen LogP contribution in [0.25, 0.3) is 5.69 Å². The highest BCUT2D eigenvalue weighted by molar-refractivity contribution is 7.99. The molecular weight excluding hydrogens is 428 g/mol. The van der Waals surface area contributed by atoms with Crippen LogP contribution in [0.2, 0.25) is 0 Å². The summed E-state index contributed by atoms with van der Waals surface area (Å²) in [6.07, 6.45) is 4.61. The molecule has 2 aromatic heterocycles. The van der Waals surface area contributed by atoms with Crippen molar-refractivity contribution in [3.05, 3.63) is 67.7 Å². The van der Waals surface area contributed by atoms with E-state index in [1.54, 1.807) is 0 Å². The number of benzene rings is 1. The Bertz CT molecular complexity index is 1210. The van der Waals surface area contributed by atoms with Gasteiger partial charge in [-0.25, -0.2) is 4.79 Å². The molecule has 0 aliphatic heterocycles. The highest BCUT2D eigenvalue weighted by atomic mass is 32.2. The minimum Gasteiger partial charge on any atom is -0.353 e. The molecule has 0 radical (unpaired) electrons. The molecule has 4 rings (SSSR count). The number of rotatable bonds is 7. The summed E-state index contributed by atoms with van der Waals surface area (Å²) in [6.45, 7) is 4.00. The lowest BCUT2D eigenvalue weighted by Crippen LogP contribution is -2.33. The fourth-order valence-corrected chi connectivity index (χ4v) is 4.74. The molecule has 0 atom stereocenters. The molecule has 3 N–H and O–H groups in total. The standard InChI is InChI=1S/C22H26N6O3S/c1-13-7-8-14(2)17(9-13)28-18(10-16-11-19(29)25-21(31)24-16)26-27-22(28)32-12-20(30)23-15-5-3-4-6-15/h7-9,11,15H,3-6,10,12H2,1-2H3,(H,23,30)(H2,24,25,29,31). The molecule has 1 fully saturated rings. The average Bonchev–Trinajstić information content (AvgIpc) is 3.37. The number of thioether (sulfide) groups is 1. The Morgan fingerprint density at radius 2 is 1.94 bits per heavy atom. The second-order valence-corrected chi connectivity index (χ2v) is 9.09. The van der Waals surface area contributed by atoms with Gasteiger partial charge in [0.25, 0.3) is 5.56 Å². The number of nitrogens with one attached hydrogen (secondary N) is 3. The van der Waals surface area contributed by atoms with E-state index in [4.69, 9.17) is 0 Å². The summed E-state index contributed by atoms with van der Waals surface area (Å²) in [4.78, 5) is 40.6. The van der Waals surface area contributed by atoms with Gasteiger partial charge in [-0.2, -0.15) is 0 Å². The minimum absolute atomic E-state index is 0.0158. The van der Waals surface area contributed by atoms with Crippen molar-refractivity contribution in [3.63, 3.8) is 0 Å². The summed E-state index contributed by atoms with van der Waals surface area (Å²) < 4.78 is 1.90. The van der Waals surface area contributed by atoms with E-state index in [0.29, 0.717) is 16.7 Å². The molecule has 1 aliphatic carbocycles. The van der Waals surface area contributed by atoms with Crippen LogP contribution >= 0.6 is 11.8 Å². The number of aromatic nitrogens is 5. The minimum atomic E-state index is -0.566. The van der Waals surface area contributed by atoms with Gasteiger partial charge in [0.1, 0.15) is 5.82 Å². The highest BCUT2D eigenvalue weighted by Gasteiger charge is 2.20. The Kier molecular flexibility index (Phi) is 6.59. The van der Waals surface area contributed by atoms with Gasteiger partial charge in [0.05, 0.1) is 11.4 Å². The SMILES string of the molecule is Cc1ccc(C)c(-n2c(Cc3cc(=O)[nH]c(=O)[nH]3)nnc2SCC(=O)NC2CCCC2)c1. The van der Waals surface area contributed by atoms with Crippen molar-refractivity contribution < 1.29 is 4.79 Å². The van der Waals surface area contributed by atoms with Crippen LogP contribution in [0.1, 0.15) is 48.3 Å². The molecule has 1 saturated carbocycles. The summed E-state index contributed by atoms with van der Waals surface area (Å²) in [7, 11) is 0. The van der Waals surface area contributed by atoms with Gasteiger partial charge in [0, 0.05) is 24.2 Å². The van der Waals surface area contributed by atoms with Crippen molar-refractivity contribution in [2.24, 2.45) is 0 Å². The van der Waals surface area contributed by atoms with E-state index in [9.17, 15) is 14.4 Å². The molecular formula is C22H26N6O3S. The number of carbonyl (C=O) groups excluding carboxylic acids is 1. The molecule has 9 nitrogen and oxygen atoms in total. The Morgan fingerprint density at radius 1 is 1.16 bits per heavy atom. The second kappa shape index (κ2) is 9.56. The quantitative estimate of drug-likeness (QED) is 0.469. The smallest absolute Gasteiger partial charge is 0.325 e. The summed E-state index contributed by atoms with van der Waals surface area (Å²) in [5.74, 6) is 0.790. The Labute approximate surface area is 189 Å². The van der Waals surface area contributed by atoms with E-state index in [-0.39, 0.29) is 24.1 Å². The lowest BCUT2D eigenvalue weighted by Gasteiger charge is -2.14. The first-order chi connectivity index (χ1) is 15.4. The molecule has 3 aromatic rings. The van der Waals surface area contributed by atoms with E-state index in [1.165, 1.54) is 17.8 Å². The number of amides is 1. The van der Waals surface area contributed by atoms with E-state index >= 15 is 0 Å². The van der Waals surface area contributed by atoms with E-state index in [2.05, 4.69) is 25.5 Å². The monoisotopic (exact) mass is 454 g/mol. The first-order valence-electron chi connectivity index (χ1n) is 10.7. The Hall–Kier alpha value is -3.14. The van der Waals surface area contributed by atoms with Crippen molar-refractivity contribution in [2.75, 3.05) is 5.75 Å². The van der Waals surface area contributed by atoms with Crippen molar-refractivity contribution in [1.29, 1.82) is 0 Å². The topological polar surface area (TPSA) is 126 Å². The van der Waals surface area contributed by atoms with Gasteiger partial charge in [-0.1, -0.05) is 36.7 Å². The van der Waals surface area contributed by atoms with Crippen LogP contribution in [0.4, 0.5) is 0 Å². The van der Waals surface area contributed by atoms with Crippen molar-refractivity contribution in [1.82, 2.24) is 30.0 Å². The molecule has 1 aliphatic rings. The number of nitrogens with zero attached hydrogens (tertiary/aromatic N) is 3. The molecule has 1 aromatic carbocycles. The molecule has 0 unspecified atom stereocenters. The number of carbonyl (C=O) groups is 1. The number of hydrogen-bond acceptors (Lipinski definition) is 6. The first-order valence-corrected chi connectivity index (χ1v) is 11.6. The van der Waals surface area contributed by atoms with Crippen LogP contribution in [0, 0.1) is 13.8 Å². The van der Waals surface area contributed by atoms with Crippen LogP contribution in [-0.4, -0.2) is 42.4 Å². The number of aryl methyl sites for hydroxylation is 2. The second-order valence-electron chi connectivity index (χ2n) is 8.15. The number of hydrogen-bond donors (Lipinski definition) is 3. The Balaban J connectivity index is 1.63. The molecule has 0 spiro atoms. The van der Waals surface area contributed by atoms with Crippen molar-refractivity contribution >= 4 is 17.7 Å². The fraction of sp³-hybridized carbons (Fsp3) is 0.409. The normalized spacial score (nSPS) is 14.1. The average molecular weight is 455 g/mol. The third-order valence-electron chi connectivity index (χ3n) is 5.52. The lowest BCUT2D eigenvalue weighted by atomic mass is 10.1. The van der Waals surface area contributed by atoms with Crippen LogP contribution in [-0.2, 0) is 11.2 Å². The van der Waals surface area contributed by atoms with E-state index in [0.717, 1.165) is 42.5 Å². The van der Waals surface area contributed by atoms with Crippen molar-refractivity contribution in [2.45, 2.75) is 57.1 Å². The van der Waals surface area contributed by atoms with Gasteiger partial charge in [-0.15, -0.1) is 10.2 Å². The van der Waals surface area contributed by atoms with Crippen LogP contribution in [0.5, 0.6) is 0 Å². The van der Waals surface area contributed by atoms with Gasteiger partial charge in [0.2, 0.25) is 5.91 Å². The van der Waals surface area contributed by atoms with E-state index < -0.39 is 11.2 Å². The summed E-state index contributed by atoms with van der Waals surface area (Å²) in [6, 6.07) is 7.68. The maximum atomic E-state index is 12.4. The van der Waals surface area contributed by atoms with Gasteiger partial charge in [-0.3, -0.25) is 19.1 Å². The third kappa shape index (κ3) is 5.18. The largest absolute Gasteiger partial charge is 0.353 e. The molecule has 2 heterocycles. The maximum absolute atomic E-state index is 12.4. The third-order valence-corrected chi connectivity index (χ3v) is 6.45. The predicted octanol–water partition coefficient (Wildman–Crippen LogP) is 2.00. The van der Waals surface area contributed by atoms with Crippen LogP contribution in [0.15, 0.2) is 39.0 Å². The number of aromatic amines is 2. The zero-order valence-electron chi connectivity index (χ0n) is 18.1. The summed E-state index contributed by atoms with van der Waals surface area (Å²) in [5, 5.41) is 12.3. The van der Waals surface area contributed by atoms with Gasteiger partial charge < -0.3 is 10.3 Å². The zero-order chi connectivity index (χ0) is 22.7. The van der Waals surface area contributed by atoms with Gasteiger partial charge in [-0.05, 0) is 43.9 Å². The predicted molar refractivity (Wildman–Crippen MR) is 122 cm³/mol. The number of H-pyrrole nitrogens is 2. The zero-order valence-corrected chi connectivity index (χ0v) is 18.9. The highest BCUT2D eigenvalue weighted by Crippen LogP contribution is 2.26. The summed E-state index contributed by atoms with van der Waals surface area (Å²) >= 11 is 1.32. The molecule has 32 heavy (non-hydrogen) atoms. The van der Waals surface area contributed by atoms with Gasteiger partial charge in [0.15, 0.2) is 5.16 Å². The molecule has 10 heteroatoms. The molecule has 168 valence electrons. The Morgan fingerprint density at radius 3 is 2.69 bits per heavy atom. The molecule has 0 saturated heterocycles. The van der Waals surface area contributed by atoms with Crippen molar-refractivity contribution in [3.8, 4) is 5.69 Å². The first kappa shape index (κ1) is 22.1. The van der Waals surface area contributed by atoms with Gasteiger partial charge >= 0.3 is 5.69 Å². The fourth-order valence-electron chi connectivity index (χ4n) is 3.97. The van der Waals surface area contributed by atoms with Crippen LogP contribution < -0.4 is 16.6 Å². The summed E-state index contributed by atoms with van der Waals surface area (Å²) in [5.41, 5.74) is 2.39. The van der Waals surface area contributed by atoms with E-state index in [1.807, 2.05) is 36.6 Å². The molecule has 0 bridgehead atoms. The lowest BCUT2D eigenvalue weighted by molar-refractivity contribution is -0.119.